The summed E-state index contributed by atoms with van der Waals surface area (Å²) < 4.78 is 1.81. The van der Waals surface area contributed by atoms with E-state index >= 15 is 0 Å². The largest absolute Gasteiger partial charge is 0.349 e. The first-order valence-electron chi connectivity index (χ1n) is 7.54. The Kier molecular flexibility index (Phi) is 4.23. The lowest BCUT2D eigenvalue weighted by molar-refractivity contribution is 0.0946. The molecule has 1 aromatic carbocycles. The second kappa shape index (κ2) is 6.48. The Balaban J connectivity index is 1.65. The third kappa shape index (κ3) is 3.31. The molecule has 0 aliphatic rings. The number of carbonyl (C=O) groups is 1. The van der Waals surface area contributed by atoms with Crippen LogP contribution in [0.15, 0.2) is 42.6 Å². The van der Waals surface area contributed by atoms with Gasteiger partial charge in [-0.05, 0) is 19.9 Å². The number of hydrogen-bond acceptors (Lipinski definition) is 3. The molecule has 0 radical (unpaired) electrons. The van der Waals surface area contributed by atoms with Crippen molar-refractivity contribution in [1.82, 2.24) is 25.3 Å². The van der Waals surface area contributed by atoms with Crippen LogP contribution in [0, 0.1) is 13.8 Å². The number of benzene rings is 1. The van der Waals surface area contributed by atoms with Crippen molar-refractivity contribution in [1.29, 1.82) is 0 Å². The van der Waals surface area contributed by atoms with Crippen LogP contribution in [0.4, 0.5) is 0 Å². The molecule has 6 nitrogen and oxygen atoms in total. The van der Waals surface area contributed by atoms with Gasteiger partial charge in [0.15, 0.2) is 0 Å². The third-order valence-electron chi connectivity index (χ3n) is 3.68. The van der Waals surface area contributed by atoms with E-state index in [1.807, 2.05) is 61.1 Å². The minimum Gasteiger partial charge on any atom is -0.349 e. The molecule has 118 valence electrons. The second-order valence-electron chi connectivity index (χ2n) is 5.41. The fourth-order valence-electron chi connectivity index (χ4n) is 2.46. The number of amides is 1. The molecule has 0 fully saturated rings. The molecule has 3 aromatic rings. The molecule has 23 heavy (non-hydrogen) atoms. The van der Waals surface area contributed by atoms with Crippen LogP contribution in [0.3, 0.4) is 0 Å². The lowest BCUT2D eigenvalue weighted by Crippen LogP contribution is -2.28. The van der Waals surface area contributed by atoms with E-state index in [9.17, 15) is 4.79 Å². The molecule has 0 bridgehead atoms. The highest BCUT2D eigenvalue weighted by Gasteiger charge is 2.16. The molecule has 2 N–H and O–H groups in total. The van der Waals surface area contributed by atoms with Gasteiger partial charge < -0.3 is 5.32 Å². The Morgan fingerprint density at radius 1 is 1.22 bits per heavy atom. The summed E-state index contributed by atoms with van der Waals surface area (Å²) >= 11 is 0. The van der Waals surface area contributed by atoms with Gasteiger partial charge in [0.2, 0.25) is 0 Å². The average molecular weight is 309 g/mol. The lowest BCUT2D eigenvalue weighted by atomic mass is 10.1. The summed E-state index contributed by atoms with van der Waals surface area (Å²) in [5, 5.41) is 14.3. The molecule has 0 saturated carbocycles. The standard InChI is InChI=1S/C17H19N5O/c1-12-8-10-22(21-12)11-9-18-17(23)16-13(2)15(19-20-16)14-6-4-3-5-7-14/h3-8,10H,9,11H2,1-2H3,(H,18,23)(H,19,20). The van der Waals surface area contributed by atoms with Crippen LogP contribution < -0.4 is 5.32 Å². The van der Waals surface area contributed by atoms with Gasteiger partial charge in [0, 0.05) is 23.9 Å². The Morgan fingerprint density at radius 2 is 2.00 bits per heavy atom. The lowest BCUT2D eigenvalue weighted by Gasteiger charge is -2.05. The third-order valence-corrected chi connectivity index (χ3v) is 3.68. The van der Waals surface area contributed by atoms with E-state index in [2.05, 4.69) is 20.6 Å². The maximum absolute atomic E-state index is 12.3. The van der Waals surface area contributed by atoms with E-state index in [-0.39, 0.29) is 5.91 Å². The van der Waals surface area contributed by atoms with Crippen LogP contribution in [0.25, 0.3) is 11.3 Å². The number of aromatic nitrogens is 4. The summed E-state index contributed by atoms with van der Waals surface area (Å²) in [5.41, 5.74) is 4.11. The average Bonchev–Trinajstić information content (AvgIpc) is 3.14. The van der Waals surface area contributed by atoms with Crippen molar-refractivity contribution in [2.45, 2.75) is 20.4 Å². The van der Waals surface area contributed by atoms with Gasteiger partial charge >= 0.3 is 0 Å². The Morgan fingerprint density at radius 3 is 2.70 bits per heavy atom. The maximum atomic E-state index is 12.3. The van der Waals surface area contributed by atoms with E-state index in [1.165, 1.54) is 0 Å². The summed E-state index contributed by atoms with van der Waals surface area (Å²) in [6.45, 7) is 4.99. The minimum atomic E-state index is -0.152. The first-order chi connectivity index (χ1) is 11.1. The highest BCUT2D eigenvalue weighted by Crippen LogP contribution is 2.22. The van der Waals surface area contributed by atoms with Gasteiger partial charge in [-0.2, -0.15) is 10.2 Å². The molecule has 0 unspecified atom stereocenters. The van der Waals surface area contributed by atoms with Crippen LogP contribution in [0.5, 0.6) is 0 Å². The van der Waals surface area contributed by atoms with Crippen LogP contribution in [0.1, 0.15) is 21.7 Å². The first kappa shape index (κ1) is 15.0. The predicted molar refractivity (Wildman–Crippen MR) is 88.1 cm³/mol. The number of nitrogens with one attached hydrogen (secondary N) is 2. The van der Waals surface area contributed by atoms with Crippen molar-refractivity contribution in [3.8, 4) is 11.3 Å². The van der Waals surface area contributed by atoms with E-state index in [0.29, 0.717) is 18.8 Å². The van der Waals surface area contributed by atoms with Gasteiger partial charge in [-0.3, -0.25) is 14.6 Å². The van der Waals surface area contributed by atoms with Crippen molar-refractivity contribution in [2.24, 2.45) is 0 Å². The Labute approximate surface area is 134 Å². The zero-order chi connectivity index (χ0) is 16.2. The van der Waals surface area contributed by atoms with E-state index < -0.39 is 0 Å². The van der Waals surface area contributed by atoms with Crippen molar-refractivity contribution < 1.29 is 4.79 Å². The fourth-order valence-corrected chi connectivity index (χ4v) is 2.46. The van der Waals surface area contributed by atoms with E-state index in [1.54, 1.807) is 0 Å². The van der Waals surface area contributed by atoms with Crippen LogP contribution in [-0.2, 0) is 6.54 Å². The van der Waals surface area contributed by atoms with E-state index in [0.717, 1.165) is 22.5 Å². The molecule has 3 rings (SSSR count). The molecule has 1 amide bonds. The Hall–Kier alpha value is -2.89. The zero-order valence-electron chi connectivity index (χ0n) is 13.2. The quantitative estimate of drug-likeness (QED) is 0.759. The normalized spacial score (nSPS) is 10.7. The molecule has 0 aliphatic carbocycles. The van der Waals surface area contributed by atoms with Gasteiger partial charge in [0.1, 0.15) is 5.69 Å². The molecule has 2 heterocycles. The summed E-state index contributed by atoms with van der Waals surface area (Å²) in [5.74, 6) is -0.152. The number of nitrogens with zero attached hydrogens (tertiary/aromatic N) is 3. The number of carbonyl (C=O) groups excluding carboxylic acids is 1. The number of hydrogen-bond donors (Lipinski definition) is 2. The van der Waals surface area contributed by atoms with Gasteiger partial charge in [0.25, 0.3) is 5.91 Å². The first-order valence-corrected chi connectivity index (χ1v) is 7.54. The highest BCUT2D eigenvalue weighted by atomic mass is 16.1. The van der Waals surface area contributed by atoms with E-state index in [4.69, 9.17) is 0 Å². The van der Waals surface area contributed by atoms with Crippen LogP contribution >= 0.6 is 0 Å². The topological polar surface area (TPSA) is 75.6 Å². The monoisotopic (exact) mass is 309 g/mol. The minimum absolute atomic E-state index is 0.152. The second-order valence-corrected chi connectivity index (χ2v) is 5.41. The zero-order valence-corrected chi connectivity index (χ0v) is 13.2. The van der Waals surface area contributed by atoms with Crippen LogP contribution in [0.2, 0.25) is 0 Å². The SMILES string of the molecule is Cc1ccn(CCNC(=O)c2[nH]nc(-c3ccccc3)c2C)n1. The molecule has 2 aromatic heterocycles. The van der Waals surface area contributed by atoms with Crippen molar-refractivity contribution >= 4 is 5.91 Å². The highest BCUT2D eigenvalue weighted by molar-refractivity contribution is 5.95. The molecule has 0 atom stereocenters. The summed E-state index contributed by atoms with van der Waals surface area (Å²) in [7, 11) is 0. The fraction of sp³-hybridized carbons (Fsp3) is 0.235. The van der Waals surface area contributed by atoms with Gasteiger partial charge in [-0.15, -0.1) is 0 Å². The molecule has 6 heteroatoms. The number of aryl methyl sites for hydroxylation is 1. The van der Waals surface area contributed by atoms with Crippen LogP contribution in [-0.4, -0.2) is 32.4 Å². The summed E-state index contributed by atoms with van der Waals surface area (Å²) in [6.07, 6.45) is 1.90. The molecule has 0 spiro atoms. The number of rotatable bonds is 5. The van der Waals surface area contributed by atoms with Gasteiger partial charge in [-0.1, -0.05) is 30.3 Å². The molecular weight excluding hydrogens is 290 g/mol. The van der Waals surface area contributed by atoms with Crippen molar-refractivity contribution in [2.75, 3.05) is 6.54 Å². The predicted octanol–water partition coefficient (Wildman–Crippen LogP) is 2.32. The van der Waals surface area contributed by atoms with Crippen molar-refractivity contribution in [3.05, 3.63) is 59.5 Å². The molecule has 0 aliphatic heterocycles. The molecule has 0 saturated heterocycles. The number of aromatic amines is 1. The Bertz CT molecular complexity index is 804. The summed E-state index contributed by atoms with van der Waals surface area (Å²) in [4.78, 5) is 12.3. The molecular formula is C17H19N5O. The maximum Gasteiger partial charge on any atom is 0.269 e. The van der Waals surface area contributed by atoms with Crippen molar-refractivity contribution in [3.63, 3.8) is 0 Å². The van der Waals surface area contributed by atoms with Gasteiger partial charge in [0.05, 0.1) is 17.9 Å². The smallest absolute Gasteiger partial charge is 0.269 e. The number of H-pyrrole nitrogens is 1. The van der Waals surface area contributed by atoms with Gasteiger partial charge in [-0.25, -0.2) is 0 Å². The summed E-state index contributed by atoms with van der Waals surface area (Å²) in [6, 6.07) is 11.8.